The van der Waals surface area contributed by atoms with Crippen LogP contribution in [-0.4, -0.2) is 24.5 Å². The van der Waals surface area contributed by atoms with Gasteiger partial charge in [0.05, 0.1) is 0 Å². The van der Waals surface area contributed by atoms with Crippen LogP contribution in [0, 0.1) is 0 Å². The minimum absolute atomic E-state index is 1.20. The Morgan fingerprint density at radius 3 is 2.24 bits per heavy atom. The Morgan fingerprint density at radius 2 is 1.62 bits per heavy atom. The first kappa shape index (κ1) is 18.7. The van der Waals surface area contributed by atoms with Gasteiger partial charge in [0, 0.05) is 9.75 Å². The monoisotopic (exact) mass is 309 g/mol. The van der Waals surface area contributed by atoms with Crippen LogP contribution in [0.2, 0.25) is 0 Å². The standard InChI is InChI=1S/C19H35NS/c1-5-13-19-17(16-18(6-2)21-19)14-11-9-10-12-15-20(7-3)8-4/h16H,5-15H2,1-4H3. The molecule has 0 aliphatic carbocycles. The van der Waals surface area contributed by atoms with Crippen molar-refractivity contribution >= 4 is 11.3 Å². The number of hydrogen-bond donors (Lipinski definition) is 0. The molecule has 122 valence electrons. The second kappa shape index (κ2) is 11.3. The maximum absolute atomic E-state index is 2.53. The Labute approximate surface area is 136 Å². The molecule has 0 aliphatic heterocycles. The SMILES string of the molecule is CCCc1sc(CC)cc1CCCCCCN(CC)CC. The van der Waals surface area contributed by atoms with Gasteiger partial charge in [-0.3, -0.25) is 0 Å². The highest BCUT2D eigenvalue weighted by Crippen LogP contribution is 2.26. The Balaban J connectivity index is 2.24. The molecule has 0 N–H and O–H groups in total. The zero-order valence-corrected chi connectivity index (χ0v) is 15.5. The predicted molar refractivity (Wildman–Crippen MR) is 97.7 cm³/mol. The molecule has 1 aromatic rings. The lowest BCUT2D eigenvalue weighted by molar-refractivity contribution is 0.295. The van der Waals surface area contributed by atoms with Crippen LogP contribution in [0.3, 0.4) is 0 Å². The number of hydrogen-bond acceptors (Lipinski definition) is 2. The fourth-order valence-electron chi connectivity index (χ4n) is 2.90. The minimum atomic E-state index is 1.20. The second-order valence-electron chi connectivity index (χ2n) is 5.96. The van der Waals surface area contributed by atoms with Crippen LogP contribution in [0.15, 0.2) is 6.07 Å². The highest BCUT2D eigenvalue weighted by molar-refractivity contribution is 7.12. The molecule has 1 aromatic heterocycles. The van der Waals surface area contributed by atoms with Crippen LogP contribution in [0.25, 0.3) is 0 Å². The van der Waals surface area contributed by atoms with E-state index >= 15 is 0 Å². The number of nitrogens with zero attached hydrogens (tertiary/aromatic N) is 1. The zero-order valence-electron chi connectivity index (χ0n) is 14.7. The molecule has 0 aliphatic rings. The lowest BCUT2D eigenvalue weighted by atomic mass is 10.0. The van der Waals surface area contributed by atoms with Crippen molar-refractivity contribution in [1.29, 1.82) is 0 Å². The van der Waals surface area contributed by atoms with Crippen LogP contribution >= 0.6 is 11.3 Å². The van der Waals surface area contributed by atoms with E-state index in [1.807, 2.05) is 0 Å². The topological polar surface area (TPSA) is 3.24 Å². The fraction of sp³-hybridized carbons (Fsp3) is 0.789. The summed E-state index contributed by atoms with van der Waals surface area (Å²) in [5, 5.41) is 0. The number of thiophene rings is 1. The van der Waals surface area contributed by atoms with Crippen LogP contribution in [0.4, 0.5) is 0 Å². The largest absolute Gasteiger partial charge is 0.304 e. The molecule has 0 amide bonds. The zero-order chi connectivity index (χ0) is 15.5. The Bertz CT molecular complexity index is 366. The van der Waals surface area contributed by atoms with Gasteiger partial charge in [-0.05, 0) is 63.4 Å². The van der Waals surface area contributed by atoms with Gasteiger partial charge < -0.3 is 4.90 Å². The van der Waals surface area contributed by atoms with E-state index in [1.54, 1.807) is 15.3 Å². The van der Waals surface area contributed by atoms with E-state index in [1.165, 1.54) is 71.0 Å². The smallest absolute Gasteiger partial charge is 0.00800 e. The predicted octanol–water partition coefficient (Wildman–Crippen LogP) is 5.71. The molecular weight excluding hydrogens is 274 g/mol. The number of unbranched alkanes of at least 4 members (excludes halogenated alkanes) is 3. The number of aryl methyl sites for hydroxylation is 3. The van der Waals surface area contributed by atoms with E-state index in [0.717, 1.165) is 0 Å². The average Bonchev–Trinajstić information content (AvgIpc) is 2.89. The second-order valence-corrected chi connectivity index (χ2v) is 7.18. The average molecular weight is 310 g/mol. The Kier molecular flexibility index (Phi) is 10.0. The maximum atomic E-state index is 2.53. The van der Waals surface area contributed by atoms with Crippen molar-refractivity contribution in [3.8, 4) is 0 Å². The summed E-state index contributed by atoms with van der Waals surface area (Å²) in [5.74, 6) is 0. The number of rotatable bonds is 12. The van der Waals surface area contributed by atoms with E-state index in [0.29, 0.717) is 0 Å². The molecular formula is C19H35NS. The molecule has 0 fully saturated rings. The van der Waals surface area contributed by atoms with Gasteiger partial charge in [-0.1, -0.05) is 47.0 Å². The van der Waals surface area contributed by atoms with Crippen LogP contribution < -0.4 is 0 Å². The molecule has 0 spiro atoms. The maximum Gasteiger partial charge on any atom is 0.00800 e. The van der Waals surface area contributed by atoms with Crippen LogP contribution in [0.5, 0.6) is 0 Å². The summed E-state index contributed by atoms with van der Waals surface area (Å²) >= 11 is 2.06. The van der Waals surface area contributed by atoms with E-state index in [2.05, 4.69) is 50.0 Å². The summed E-state index contributed by atoms with van der Waals surface area (Å²) in [6.07, 6.45) is 10.6. The molecule has 0 unspecified atom stereocenters. The van der Waals surface area contributed by atoms with Crippen molar-refractivity contribution in [3.05, 3.63) is 21.4 Å². The highest BCUT2D eigenvalue weighted by atomic mass is 32.1. The molecule has 0 atom stereocenters. The van der Waals surface area contributed by atoms with Gasteiger partial charge in [-0.15, -0.1) is 11.3 Å². The summed E-state index contributed by atoms with van der Waals surface area (Å²) in [7, 11) is 0. The van der Waals surface area contributed by atoms with E-state index in [-0.39, 0.29) is 0 Å². The molecule has 1 nitrogen and oxygen atoms in total. The minimum Gasteiger partial charge on any atom is -0.304 e. The molecule has 0 saturated heterocycles. The summed E-state index contributed by atoms with van der Waals surface area (Å²) in [4.78, 5) is 5.78. The van der Waals surface area contributed by atoms with Crippen molar-refractivity contribution in [2.45, 2.75) is 79.1 Å². The molecule has 0 radical (unpaired) electrons. The van der Waals surface area contributed by atoms with Crippen molar-refractivity contribution in [2.24, 2.45) is 0 Å². The van der Waals surface area contributed by atoms with E-state index < -0.39 is 0 Å². The lowest BCUT2D eigenvalue weighted by Gasteiger charge is -2.17. The van der Waals surface area contributed by atoms with Crippen LogP contribution in [0.1, 0.15) is 75.1 Å². The molecule has 2 heteroatoms. The van der Waals surface area contributed by atoms with Crippen molar-refractivity contribution in [1.82, 2.24) is 4.90 Å². The summed E-state index contributed by atoms with van der Waals surface area (Å²) in [6.45, 7) is 12.8. The van der Waals surface area contributed by atoms with Gasteiger partial charge in [0.1, 0.15) is 0 Å². The van der Waals surface area contributed by atoms with Gasteiger partial charge in [-0.2, -0.15) is 0 Å². The van der Waals surface area contributed by atoms with E-state index in [9.17, 15) is 0 Å². The van der Waals surface area contributed by atoms with Crippen molar-refractivity contribution in [2.75, 3.05) is 19.6 Å². The third-order valence-corrected chi connectivity index (χ3v) is 5.72. The van der Waals surface area contributed by atoms with Gasteiger partial charge in [-0.25, -0.2) is 0 Å². The quantitative estimate of drug-likeness (QED) is 0.447. The normalized spacial score (nSPS) is 11.5. The van der Waals surface area contributed by atoms with Gasteiger partial charge in [0.15, 0.2) is 0 Å². The first-order valence-corrected chi connectivity index (χ1v) is 9.89. The third kappa shape index (κ3) is 6.97. The first-order chi connectivity index (χ1) is 10.2. The summed E-state index contributed by atoms with van der Waals surface area (Å²) in [6, 6.07) is 2.48. The first-order valence-electron chi connectivity index (χ1n) is 9.07. The Hall–Kier alpha value is -0.340. The van der Waals surface area contributed by atoms with Gasteiger partial charge in [0.25, 0.3) is 0 Å². The molecule has 0 saturated carbocycles. The Morgan fingerprint density at radius 1 is 0.905 bits per heavy atom. The fourth-order valence-corrected chi connectivity index (χ4v) is 4.16. The summed E-state index contributed by atoms with van der Waals surface area (Å²) in [5.41, 5.74) is 1.66. The third-order valence-electron chi connectivity index (χ3n) is 4.34. The molecule has 1 rings (SSSR count). The van der Waals surface area contributed by atoms with Crippen LogP contribution in [-0.2, 0) is 19.3 Å². The molecule has 0 bridgehead atoms. The molecule has 21 heavy (non-hydrogen) atoms. The molecule has 1 heterocycles. The molecule has 0 aromatic carbocycles. The van der Waals surface area contributed by atoms with E-state index in [4.69, 9.17) is 0 Å². The lowest BCUT2D eigenvalue weighted by Crippen LogP contribution is -2.23. The summed E-state index contributed by atoms with van der Waals surface area (Å²) < 4.78 is 0. The van der Waals surface area contributed by atoms with Crippen molar-refractivity contribution < 1.29 is 0 Å². The van der Waals surface area contributed by atoms with Gasteiger partial charge in [0.2, 0.25) is 0 Å². The van der Waals surface area contributed by atoms with Crippen molar-refractivity contribution in [3.63, 3.8) is 0 Å². The van der Waals surface area contributed by atoms with Gasteiger partial charge >= 0.3 is 0 Å². The highest BCUT2D eigenvalue weighted by Gasteiger charge is 2.07.